The average molecular weight is 313 g/mol. The molecular weight excluding hydrogens is 292 g/mol. The highest BCUT2D eigenvalue weighted by atomic mass is 79.9. The van der Waals surface area contributed by atoms with Crippen molar-refractivity contribution in [2.24, 2.45) is 5.92 Å². The summed E-state index contributed by atoms with van der Waals surface area (Å²) in [5, 5.41) is 0. The molecule has 0 spiro atoms. The first-order valence-electron chi connectivity index (χ1n) is 6.56. The van der Waals surface area contributed by atoms with Crippen LogP contribution in [0.5, 0.6) is 0 Å². The van der Waals surface area contributed by atoms with Crippen molar-refractivity contribution in [1.29, 1.82) is 0 Å². The molecule has 100 valence electrons. The molecule has 0 N–H and O–H groups in total. The van der Waals surface area contributed by atoms with Crippen molar-refractivity contribution < 1.29 is 4.79 Å². The van der Waals surface area contributed by atoms with Crippen LogP contribution in [0.1, 0.15) is 50.1 Å². The van der Waals surface area contributed by atoms with Gasteiger partial charge < -0.3 is 9.47 Å². The predicted molar refractivity (Wildman–Crippen MR) is 76.8 cm³/mol. The fraction of sp³-hybridized carbons (Fsp3) is 0.643. The summed E-state index contributed by atoms with van der Waals surface area (Å²) in [6, 6.07) is 2.55. The number of hydrogen-bond donors (Lipinski definition) is 0. The molecule has 18 heavy (non-hydrogen) atoms. The zero-order chi connectivity index (χ0) is 13.4. The number of carbonyl (C=O) groups is 1. The van der Waals surface area contributed by atoms with E-state index in [2.05, 4.69) is 36.7 Å². The molecule has 0 bridgehead atoms. The highest BCUT2D eigenvalue weighted by molar-refractivity contribution is 9.10. The van der Waals surface area contributed by atoms with Crippen molar-refractivity contribution >= 4 is 21.8 Å². The van der Waals surface area contributed by atoms with Crippen LogP contribution in [0.25, 0.3) is 0 Å². The van der Waals surface area contributed by atoms with E-state index in [0.717, 1.165) is 10.2 Å². The van der Waals surface area contributed by atoms with Crippen LogP contribution in [0.15, 0.2) is 16.7 Å². The van der Waals surface area contributed by atoms with E-state index in [1.807, 2.05) is 28.8 Å². The summed E-state index contributed by atoms with van der Waals surface area (Å²) < 4.78 is 3.00. The topological polar surface area (TPSA) is 25.2 Å². The molecule has 0 saturated heterocycles. The van der Waals surface area contributed by atoms with E-state index >= 15 is 0 Å². The molecule has 0 aliphatic heterocycles. The van der Waals surface area contributed by atoms with E-state index in [0.29, 0.717) is 18.0 Å². The van der Waals surface area contributed by atoms with Gasteiger partial charge in [-0.2, -0.15) is 0 Å². The Kier molecular flexibility index (Phi) is 3.85. The molecule has 1 heterocycles. The van der Waals surface area contributed by atoms with Crippen molar-refractivity contribution in [3.8, 4) is 0 Å². The van der Waals surface area contributed by atoms with Gasteiger partial charge in [-0.05, 0) is 61.5 Å². The molecule has 1 atom stereocenters. The Morgan fingerprint density at radius 2 is 2.06 bits per heavy atom. The fourth-order valence-electron chi connectivity index (χ4n) is 2.30. The Bertz CT molecular complexity index is 449. The zero-order valence-corrected chi connectivity index (χ0v) is 13.1. The Hall–Kier alpha value is -0.770. The van der Waals surface area contributed by atoms with Gasteiger partial charge in [-0.25, -0.2) is 0 Å². The molecule has 0 aromatic carbocycles. The van der Waals surface area contributed by atoms with Gasteiger partial charge in [0.15, 0.2) is 0 Å². The molecule has 1 aliphatic rings. The van der Waals surface area contributed by atoms with Crippen molar-refractivity contribution in [3.05, 3.63) is 22.4 Å². The monoisotopic (exact) mass is 312 g/mol. The summed E-state index contributed by atoms with van der Waals surface area (Å²) >= 11 is 3.46. The van der Waals surface area contributed by atoms with Crippen molar-refractivity contribution in [1.82, 2.24) is 9.47 Å². The molecule has 1 amide bonds. The lowest BCUT2D eigenvalue weighted by atomic mass is 10.2. The van der Waals surface area contributed by atoms with Crippen LogP contribution in [0.3, 0.4) is 0 Å². The number of nitrogens with zero attached hydrogens (tertiary/aromatic N) is 2. The maximum absolute atomic E-state index is 12.5. The lowest BCUT2D eigenvalue weighted by molar-refractivity contribution is 0.0714. The third-order valence-corrected chi connectivity index (χ3v) is 4.26. The largest absolute Gasteiger partial charge is 0.340 e. The van der Waals surface area contributed by atoms with Gasteiger partial charge in [-0.1, -0.05) is 0 Å². The second kappa shape index (κ2) is 5.08. The Labute approximate surface area is 117 Å². The van der Waals surface area contributed by atoms with Gasteiger partial charge in [-0.3, -0.25) is 4.79 Å². The maximum atomic E-state index is 12.5. The molecular formula is C14H21BrN2O. The van der Waals surface area contributed by atoms with Gasteiger partial charge in [0.1, 0.15) is 5.69 Å². The number of rotatable bonds is 4. The number of hydrogen-bond acceptors (Lipinski definition) is 1. The zero-order valence-electron chi connectivity index (χ0n) is 11.5. The summed E-state index contributed by atoms with van der Waals surface area (Å²) in [6.45, 7) is 6.33. The van der Waals surface area contributed by atoms with Gasteiger partial charge in [0.05, 0.1) is 0 Å². The van der Waals surface area contributed by atoms with Crippen LogP contribution in [-0.4, -0.2) is 28.5 Å². The van der Waals surface area contributed by atoms with Crippen LogP contribution in [-0.2, 0) is 0 Å². The van der Waals surface area contributed by atoms with E-state index in [9.17, 15) is 4.79 Å². The molecule has 2 rings (SSSR count). The second-order valence-corrected chi connectivity index (χ2v) is 6.45. The van der Waals surface area contributed by atoms with Crippen LogP contribution in [0.2, 0.25) is 0 Å². The highest BCUT2D eigenvalue weighted by Crippen LogP contribution is 2.35. The summed E-state index contributed by atoms with van der Waals surface area (Å²) in [4.78, 5) is 14.4. The molecule has 1 saturated carbocycles. The third kappa shape index (κ3) is 2.63. The quantitative estimate of drug-likeness (QED) is 0.832. The lowest BCUT2D eigenvalue weighted by Crippen LogP contribution is -2.37. The molecule has 1 aliphatic carbocycles. The number of halogens is 1. The maximum Gasteiger partial charge on any atom is 0.270 e. The Balaban J connectivity index is 2.21. The molecule has 0 radical (unpaired) electrons. The van der Waals surface area contributed by atoms with Crippen molar-refractivity contribution in [3.63, 3.8) is 0 Å². The minimum absolute atomic E-state index is 0.119. The molecule has 1 aromatic heterocycles. The first-order chi connectivity index (χ1) is 8.41. The van der Waals surface area contributed by atoms with E-state index in [4.69, 9.17) is 0 Å². The van der Waals surface area contributed by atoms with Crippen LogP contribution in [0, 0.1) is 5.92 Å². The normalized spacial score (nSPS) is 17.0. The van der Waals surface area contributed by atoms with Gasteiger partial charge in [0, 0.05) is 29.8 Å². The molecule has 4 heteroatoms. The van der Waals surface area contributed by atoms with E-state index in [1.165, 1.54) is 12.8 Å². The van der Waals surface area contributed by atoms with E-state index < -0.39 is 0 Å². The molecule has 1 aromatic rings. The molecule has 1 unspecified atom stereocenters. The summed E-state index contributed by atoms with van der Waals surface area (Å²) in [7, 11) is 1.91. The summed E-state index contributed by atoms with van der Waals surface area (Å²) in [6.07, 6.45) is 4.49. The SMILES string of the molecule is CC(C1CC1)N(C)C(=O)c1cc(Br)cn1C(C)C. The predicted octanol–water partition coefficient (Wildman–Crippen LogP) is 3.70. The Morgan fingerprint density at radius 1 is 1.44 bits per heavy atom. The van der Waals surface area contributed by atoms with Crippen LogP contribution >= 0.6 is 15.9 Å². The smallest absolute Gasteiger partial charge is 0.270 e. The van der Waals surface area contributed by atoms with Crippen LogP contribution in [0.4, 0.5) is 0 Å². The lowest BCUT2D eigenvalue weighted by Gasteiger charge is -2.26. The number of aromatic nitrogens is 1. The fourth-order valence-corrected chi connectivity index (χ4v) is 2.74. The van der Waals surface area contributed by atoms with E-state index in [-0.39, 0.29) is 5.91 Å². The van der Waals surface area contributed by atoms with Gasteiger partial charge in [-0.15, -0.1) is 0 Å². The van der Waals surface area contributed by atoms with E-state index in [1.54, 1.807) is 0 Å². The molecule has 1 fully saturated rings. The van der Waals surface area contributed by atoms with Gasteiger partial charge in [0.25, 0.3) is 5.91 Å². The van der Waals surface area contributed by atoms with Crippen molar-refractivity contribution in [2.75, 3.05) is 7.05 Å². The van der Waals surface area contributed by atoms with Gasteiger partial charge >= 0.3 is 0 Å². The minimum atomic E-state index is 0.119. The van der Waals surface area contributed by atoms with Crippen molar-refractivity contribution in [2.45, 2.75) is 45.7 Å². The number of amides is 1. The summed E-state index contributed by atoms with van der Waals surface area (Å²) in [5.74, 6) is 0.818. The average Bonchev–Trinajstić information content (AvgIpc) is 3.09. The van der Waals surface area contributed by atoms with Gasteiger partial charge in [0.2, 0.25) is 0 Å². The second-order valence-electron chi connectivity index (χ2n) is 5.54. The number of carbonyl (C=O) groups excluding carboxylic acids is 1. The highest BCUT2D eigenvalue weighted by Gasteiger charge is 2.33. The minimum Gasteiger partial charge on any atom is -0.340 e. The first-order valence-corrected chi connectivity index (χ1v) is 7.35. The molecule has 3 nitrogen and oxygen atoms in total. The first kappa shape index (κ1) is 13.7. The Morgan fingerprint density at radius 3 is 2.56 bits per heavy atom. The van der Waals surface area contributed by atoms with Crippen LogP contribution < -0.4 is 0 Å². The summed E-state index contributed by atoms with van der Waals surface area (Å²) in [5.41, 5.74) is 0.770. The standard InChI is InChI=1S/C14H21BrN2O/c1-9(2)17-8-12(15)7-13(17)14(18)16(4)10(3)11-5-6-11/h7-11H,5-6H2,1-4H3. The third-order valence-electron chi connectivity index (χ3n) is 3.83.